The van der Waals surface area contributed by atoms with Gasteiger partial charge in [0.25, 0.3) is 5.91 Å². The van der Waals surface area contributed by atoms with Gasteiger partial charge in [-0.05, 0) is 30.5 Å². The van der Waals surface area contributed by atoms with Crippen LogP contribution in [0, 0.1) is 12.8 Å². The minimum absolute atomic E-state index is 0.0607. The average Bonchev–Trinajstić information content (AvgIpc) is 2.40. The molecule has 5 nitrogen and oxygen atoms in total. The van der Waals surface area contributed by atoms with Crippen molar-refractivity contribution in [2.24, 2.45) is 5.92 Å². The zero-order chi connectivity index (χ0) is 16.0. The number of hydrogen-bond acceptors (Lipinski definition) is 3. The number of nitrogens with two attached hydrogens (primary N) is 1. The molecule has 0 aliphatic carbocycles. The molecule has 0 saturated carbocycles. The molecule has 0 aliphatic heterocycles. The second-order valence-corrected chi connectivity index (χ2v) is 6.29. The molecule has 6 heteroatoms. The van der Waals surface area contributed by atoms with E-state index in [4.69, 9.17) is 5.73 Å². The molecular formula is C15H22BrN3O2. The van der Waals surface area contributed by atoms with Gasteiger partial charge in [0.1, 0.15) is 0 Å². The molecule has 0 atom stereocenters. The maximum absolute atomic E-state index is 12.1. The maximum atomic E-state index is 12.1. The Hall–Kier alpha value is -1.56. The van der Waals surface area contributed by atoms with Crippen molar-refractivity contribution in [3.8, 4) is 0 Å². The molecule has 1 rings (SSSR count). The second kappa shape index (κ2) is 8.02. The third-order valence-corrected chi connectivity index (χ3v) is 3.46. The average molecular weight is 356 g/mol. The minimum atomic E-state index is -0.225. The van der Waals surface area contributed by atoms with Crippen LogP contribution in [-0.4, -0.2) is 24.9 Å². The fourth-order valence-electron chi connectivity index (χ4n) is 1.73. The summed E-state index contributed by atoms with van der Waals surface area (Å²) in [6, 6.07) is 3.48. The highest BCUT2D eigenvalue weighted by Gasteiger charge is 2.12. The lowest BCUT2D eigenvalue weighted by molar-refractivity contribution is -0.121. The zero-order valence-electron chi connectivity index (χ0n) is 12.6. The largest absolute Gasteiger partial charge is 0.398 e. The van der Waals surface area contributed by atoms with E-state index in [2.05, 4.69) is 26.6 Å². The van der Waals surface area contributed by atoms with Crippen LogP contribution in [0.3, 0.4) is 0 Å². The molecule has 0 heterocycles. The van der Waals surface area contributed by atoms with Crippen LogP contribution in [-0.2, 0) is 4.79 Å². The van der Waals surface area contributed by atoms with Gasteiger partial charge in [-0.2, -0.15) is 0 Å². The van der Waals surface area contributed by atoms with E-state index in [1.54, 1.807) is 19.1 Å². The molecule has 116 valence electrons. The number of nitrogen functional groups attached to an aromatic ring is 1. The highest BCUT2D eigenvalue weighted by Crippen LogP contribution is 2.22. The maximum Gasteiger partial charge on any atom is 0.251 e. The van der Waals surface area contributed by atoms with Gasteiger partial charge in [0.15, 0.2) is 0 Å². The molecule has 1 aromatic carbocycles. The lowest BCUT2D eigenvalue weighted by atomic mass is 10.1. The van der Waals surface area contributed by atoms with E-state index in [9.17, 15) is 9.59 Å². The summed E-state index contributed by atoms with van der Waals surface area (Å²) in [7, 11) is 0. The summed E-state index contributed by atoms with van der Waals surface area (Å²) in [6.45, 7) is 6.81. The molecule has 21 heavy (non-hydrogen) atoms. The van der Waals surface area contributed by atoms with Crippen molar-refractivity contribution in [2.45, 2.75) is 27.2 Å². The van der Waals surface area contributed by atoms with Crippen LogP contribution >= 0.6 is 15.9 Å². The first-order valence-electron chi connectivity index (χ1n) is 6.91. The Morgan fingerprint density at radius 1 is 1.29 bits per heavy atom. The molecule has 0 aliphatic rings. The lowest BCUT2D eigenvalue weighted by Gasteiger charge is -2.11. The summed E-state index contributed by atoms with van der Waals surface area (Å²) in [4.78, 5) is 23.6. The smallest absolute Gasteiger partial charge is 0.251 e. The molecule has 0 unspecified atom stereocenters. The van der Waals surface area contributed by atoms with E-state index >= 15 is 0 Å². The van der Waals surface area contributed by atoms with Crippen molar-refractivity contribution in [1.82, 2.24) is 10.6 Å². The quantitative estimate of drug-likeness (QED) is 0.684. The molecule has 0 fully saturated rings. The topological polar surface area (TPSA) is 84.2 Å². The van der Waals surface area contributed by atoms with Crippen molar-refractivity contribution in [3.05, 3.63) is 27.7 Å². The number of carbonyl (C=O) groups excluding carboxylic acids is 2. The number of amides is 2. The van der Waals surface area contributed by atoms with Crippen molar-refractivity contribution in [2.75, 3.05) is 18.8 Å². The molecular weight excluding hydrogens is 334 g/mol. The Kier molecular flexibility index (Phi) is 6.68. The van der Waals surface area contributed by atoms with Crippen LogP contribution < -0.4 is 16.4 Å². The van der Waals surface area contributed by atoms with Crippen LogP contribution in [0.5, 0.6) is 0 Å². The van der Waals surface area contributed by atoms with Crippen LogP contribution in [0.15, 0.2) is 16.6 Å². The molecule has 0 bridgehead atoms. The standard InChI is InChI=1S/C15H22BrN3O2/c1-9(2)8-19-14(20)4-5-18-15(21)12-6-11(16)7-13(17)10(12)3/h6-7,9H,4-5,8,17H2,1-3H3,(H,18,21)(H,19,20). The monoisotopic (exact) mass is 355 g/mol. The fraction of sp³-hybridized carbons (Fsp3) is 0.467. The van der Waals surface area contributed by atoms with E-state index in [1.165, 1.54) is 0 Å². The minimum Gasteiger partial charge on any atom is -0.398 e. The van der Waals surface area contributed by atoms with Gasteiger partial charge in [-0.3, -0.25) is 9.59 Å². The predicted molar refractivity (Wildman–Crippen MR) is 88.1 cm³/mol. The van der Waals surface area contributed by atoms with Crippen molar-refractivity contribution in [3.63, 3.8) is 0 Å². The Balaban J connectivity index is 2.50. The summed E-state index contributed by atoms with van der Waals surface area (Å²) in [6.07, 6.45) is 0.265. The Morgan fingerprint density at radius 2 is 1.95 bits per heavy atom. The van der Waals surface area contributed by atoms with Gasteiger partial charge in [-0.25, -0.2) is 0 Å². The van der Waals surface area contributed by atoms with Crippen LogP contribution in [0.1, 0.15) is 36.2 Å². The van der Waals surface area contributed by atoms with Crippen LogP contribution in [0.2, 0.25) is 0 Å². The van der Waals surface area contributed by atoms with Gasteiger partial charge < -0.3 is 16.4 Å². The number of benzene rings is 1. The first kappa shape index (κ1) is 17.5. The normalized spacial score (nSPS) is 10.5. The van der Waals surface area contributed by atoms with E-state index in [1.807, 2.05) is 13.8 Å². The number of rotatable bonds is 6. The molecule has 4 N–H and O–H groups in total. The lowest BCUT2D eigenvalue weighted by Crippen LogP contribution is -2.32. The Labute approximate surface area is 133 Å². The van der Waals surface area contributed by atoms with Crippen molar-refractivity contribution in [1.29, 1.82) is 0 Å². The summed E-state index contributed by atoms with van der Waals surface area (Å²) in [5.74, 6) is 0.127. The van der Waals surface area contributed by atoms with E-state index in [0.717, 1.165) is 10.0 Å². The number of nitrogens with one attached hydrogen (secondary N) is 2. The number of carbonyl (C=O) groups is 2. The molecule has 0 aromatic heterocycles. The summed E-state index contributed by atoms with van der Waals surface area (Å²) < 4.78 is 0.755. The summed E-state index contributed by atoms with van der Waals surface area (Å²) in [5.41, 5.74) is 7.64. The van der Waals surface area contributed by atoms with E-state index in [-0.39, 0.29) is 18.2 Å². The third-order valence-electron chi connectivity index (χ3n) is 3.00. The van der Waals surface area contributed by atoms with Gasteiger partial charge in [-0.15, -0.1) is 0 Å². The van der Waals surface area contributed by atoms with Gasteiger partial charge >= 0.3 is 0 Å². The van der Waals surface area contributed by atoms with Crippen molar-refractivity contribution < 1.29 is 9.59 Å². The van der Waals surface area contributed by atoms with Crippen molar-refractivity contribution >= 4 is 33.4 Å². The highest BCUT2D eigenvalue weighted by atomic mass is 79.9. The molecule has 0 radical (unpaired) electrons. The zero-order valence-corrected chi connectivity index (χ0v) is 14.2. The Morgan fingerprint density at radius 3 is 2.57 bits per heavy atom. The van der Waals surface area contributed by atoms with Gasteiger partial charge in [0.2, 0.25) is 5.91 Å². The summed E-state index contributed by atoms with van der Waals surface area (Å²) in [5, 5.41) is 5.54. The molecule has 2 amide bonds. The summed E-state index contributed by atoms with van der Waals surface area (Å²) >= 11 is 3.32. The highest BCUT2D eigenvalue weighted by molar-refractivity contribution is 9.10. The second-order valence-electron chi connectivity index (χ2n) is 5.37. The number of hydrogen-bond donors (Lipinski definition) is 3. The number of halogens is 1. The number of anilines is 1. The van der Waals surface area contributed by atoms with E-state index in [0.29, 0.717) is 30.3 Å². The van der Waals surface area contributed by atoms with Gasteiger partial charge in [0, 0.05) is 35.2 Å². The Bertz CT molecular complexity index is 530. The first-order valence-corrected chi connectivity index (χ1v) is 7.71. The fourth-order valence-corrected chi connectivity index (χ4v) is 2.20. The van der Waals surface area contributed by atoms with Gasteiger partial charge in [0.05, 0.1) is 0 Å². The third kappa shape index (κ3) is 5.75. The van der Waals surface area contributed by atoms with Gasteiger partial charge in [-0.1, -0.05) is 29.8 Å². The molecule has 0 saturated heterocycles. The molecule has 0 spiro atoms. The van der Waals surface area contributed by atoms with Crippen LogP contribution in [0.4, 0.5) is 5.69 Å². The molecule has 1 aromatic rings. The van der Waals surface area contributed by atoms with E-state index < -0.39 is 0 Å². The first-order chi connectivity index (χ1) is 9.81. The SMILES string of the molecule is Cc1c(N)cc(Br)cc1C(=O)NCCC(=O)NCC(C)C. The predicted octanol–water partition coefficient (Wildman–Crippen LogP) is 2.23. The van der Waals surface area contributed by atoms with Crippen LogP contribution in [0.25, 0.3) is 0 Å².